The Morgan fingerprint density at radius 2 is 1.95 bits per heavy atom. The summed E-state index contributed by atoms with van der Waals surface area (Å²) in [6.45, 7) is 7.65. The van der Waals surface area contributed by atoms with E-state index in [1.54, 1.807) is 0 Å². The number of ether oxygens (including phenoxy) is 2. The summed E-state index contributed by atoms with van der Waals surface area (Å²) in [5, 5.41) is 3.14. The summed E-state index contributed by atoms with van der Waals surface area (Å²) in [6.07, 6.45) is 0. The van der Waals surface area contributed by atoms with Crippen LogP contribution >= 0.6 is 0 Å². The summed E-state index contributed by atoms with van der Waals surface area (Å²) in [4.78, 5) is 8.60. The zero-order valence-electron chi connectivity index (χ0n) is 12.7. The van der Waals surface area contributed by atoms with E-state index in [0.717, 1.165) is 11.4 Å². The molecule has 0 aliphatic heterocycles. The average molecular weight is 287 g/mol. The second-order valence-electron chi connectivity index (χ2n) is 4.70. The molecule has 2 rings (SSSR count). The first-order chi connectivity index (χ1) is 10.2. The Bertz CT molecular complexity index is 587. The Kier molecular flexibility index (Phi) is 5.37. The molecule has 0 atom stereocenters. The van der Waals surface area contributed by atoms with Crippen LogP contribution in [0, 0.1) is 13.8 Å². The predicted octanol–water partition coefficient (Wildman–Crippen LogP) is 2.98. The van der Waals surface area contributed by atoms with Gasteiger partial charge in [-0.1, -0.05) is 12.1 Å². The molecule has 1 aromatic carbocycles. The van der Waals surface area contributed by atoms with Gasteiger partial charge in [0, 0.05) is 11.8 Å². The minimum Gasteiger partial charge on any atom is -0.492 e. The summed E-state index contributed by atoms with van der Waals surface area (Å²) >= 11 is 0. The van der Waals surface area contributed by atoms with Crippen molar-refractivity contribution in [1.82, 2.24) is 9.97 Å². The first-order valence-corrected chi connectivity index (χ1v) is 7.09. The molecule has 0 unspecified atom stereocenters. The van der Waals surface area contributed by atoms with Crippen molar-refractivity contribution in [2.45, 2.75) is 20.8 Å². The number of hydrogen-bond donors (Lipinski definition) is 1. The third-order valence-electron chi connectivity index (χ3n) is 2.77. The molecule has 5 nitrogen and oxygen atoms in total. The lowest BCUT2D eigenvalue weighted by Gasteiger charge is -2.10. The van der Waals surface area contributed by atoms with Crippen LogP contribution in [0.3, 0.4) is 0 Å². The number of aromatic nitrogens is 2. The number of nitrogens with one attached hydrogen (secondary N) is 1. The van der Waals surface area contributed by atoms with Gasteiger partial charge in [0.25, 0.3) is 0 Å². The molecule has 2 aromatic rings. The van der Waals surface area contributed by atoms with Gasteiger partial charge in [-0.05, 0) is 38.5 Å². The maximum Gasteiger partial charge on any atom is 0.226 e. The lowest BCUT2D eigenvalue weighted by atomic mass is 10.2. The fraction of sp³-hybridized carbons (Fsp3) is 0.375. The minimum atomic E-state index is 0.546. The Morgan fingerprint density at radius 3 is 2.71 bits per heavy atom. The van der Waals surface area contributed by atoms with E-state index in [2.05, 4.69) is 15.3 Å². The van der Waals surface area contributed by atoms with Crippen molar-refractivity contribution in [1.29, 1.82) is 0 Å². The second kappa shape index (κ2) is 7.47. The molecule has 0 fully saturated rings. The van der Waals surface area contributed by atoms with E-state index in [-0.39, 0.29) is 0 Å². The molecule has 0 aliphatic carbocycles. The maximum absolute atomic E-state index is 5.67. The molecule has 0 saturated carbocycles. The molecule has 0 spiro atoms. The SMILES string of the molecule is CCOc1cc(C)nc(NCCOc2cccc(C)c2)n1. The number of aryl methyl sites for hydroxylation is 2. The van der Waals surface area contributed by atoms with Gasteiger partial charge in [0.15, 0.2) is 0 Å². The van der Waals surface area contributed by atoms with Gasteiger partial charge >= 0.3 is 0 Å². The van der Waals surface area contributed by atoms with Gasteiger partial charge in [0.05, 0.1) is 13.2 Å². The van der Waals surface area contributed by atoms with Gasteiger partial charge in [-0.2, -0.15) is 4.98 Å². The van der Waals surface area contributed by atoms with Crippen molar-refractivity contribution in [3.63, 3.8) is 0 Å². The molecule has 0 saturated heterocycles. The molecule has 0 aliphatic rings. The van der Waals surface area contributed by atoms with Crippen LogP contribution in [0.15, 0.2) is 30.3 Å². The van der Waals surface area contributed by atoms with Crippen LogP contribution in [-0.2, 0) is 0 Å². The molecule has 0 bridgehead atoms. The van der Waals surface area contributed by atoms with E-state index in [4.69, 9.17) is 9.47 Å². The van der Waals surface area contributed by atoms with Gasteiger partial charge in [-0.3, -0.25) is 0 Å². The van der Waals surface area contributed by atoms with Crippen molar-refractivity contribution < 1.29 is 9.47 Å². The van der Waals surface area contributed by atoms with Crippen LogP contribution in [0.1, 0.15) is 18.2 Å². The first kappa shape index (κ1) is 15.1. The average Bonchev–Trinajstić information content (AvgIpc) is 2.43. The monoisotopic (exact) mass is 287 g/mol. The molecular weight excluding hydrogens is 266 g/mol. The Balaban J connectivity index is 1.83. The highest BCUT2D eigenvalue weighted by Crippen LogP contribution is 2.13. The number of rotatable bonds is 7. The molecular formula is C16H21N3O2. The summed E-state index contributed by atoms with van der Waals surface area (Å²) in [7, 11) is 0. The zero-order valence-corrected chi connectivity index (χ0v) is 12.7. The molecule has 5 heteroatoms. The normalized spacial score (nSPS) is 10.2. The van der Waals surface area contributed by atoms with Crippen LogP contribution in [-0.4, -0.2) is 29.7 Å². The van der Waals surface area contributed by atoms with Crippen molar-refractivity contribution in [3.8, 4) is 11.6 Å². The highest BCUT2D eigenvalue weighted by Gasteiger charge is 2.02. The van der Waals surface area contributed by atoms with Crippen molar-refractivity contribution in [2.24, 2.45) is 0 Å². The van der Waals surface area contributed by atoms with Gasteiger partial charge < -0.3 is 14.8 Å². The first-order valence-electron chi connectivity index (χ1n) is 7.09. The number of anilines is 1. The van der Waals surface area contributed by atoms with Gasteiger partial charge in [-0.15, -0.1) is 0 Å². The topological polar surface area (TPSA) is 56.3 Å². The van der Waals surface area contributed by atoms with Crippen molar-refractivity contribution >= 4 is 5.95 Å². The van der Waals surface area contributed by atoms with E-state index in [9.17, 15) is 0 Å². The van der Waals surface area contributed by atoms with Crippen LogP contribution in [0.2, 0.25) is 0 Å². The summed E-state index contributed by atoms with van der Waals surface area (Å²) in [5.41, 5.74) is 2.05. The summed E-state index contributed by atoms with van der Waals surface area (Å²) < 4.78 is 11.1. The highest BCUT2D eigenvalue weighted by atomic mass is 16.5. The highest BCUT2D eigenvalue weighted by molar-refractivity contribution is 5.31. The lowest BCUT2D eigenvalue weighted by molar-refractivity contribution is 0.324. The molecule has 1 N–H and O–H groups in total. The number of benzene rings is 1. The number of hydrogen-bond acceptors (Lipinski definition) is 5. The van der Waals surface area contributed by atoms with Gasteiger partial charge in [0.1, 0.15) is 12.4 Å². The van der Waals surface area contributed by atoms with E-state index >= 15 is 0 Å². The molecule has 0 radical (unpaired) electrons. The van der Waals surface area contributed by atoms with Crippen molar-refractivity contribution in [2.75, 3.05) is 25.1 Å². The van der Waals surface area contributed by atoms with Crippen LogP contribution < -0.4 is 14.8 Å². The summed E-state index contributed by atoms with van der Waals surface area (Å²) in [6, 6.07) is 9.80. The molecule has 21 heavy (non-hydrogen) atoms. The molecule has 112 valence electrons. The molecule has 1 heterocycles. The Labute approximate surface area is 125 Å². The fourth-order valence-corrected chi connectivity index (χ4v) is 1.88. The van der Waals surface area contributed by atoms with Gasteiger partial charge in [0.2, 0.25) is 11.8 Å². The second-order valence-corrected chi connectivity index (χ2v) is 4.70. The predicted molar refractivity (Wildman–Crippen MR) is 83.1 cm³/mol. The largest absolute Gasteiger partial charge is 0.492 e. The third kappa shape index (κ3) is 4.95. The fourth-order valence-electron chi connectivity index (χ4n) is 1.88. The van der Waals surface area contributed by atoms with Gasteiger partial charge in [-0.25, -0.2) is 4.98 Å². The maximum atomic E-state index is 5.67. The van der Waals surface area contributed by atoms with Crippen molar-refractivity contribution in [3.05, 3.63) is 41.6 Å². The van der Waals surface area contributed by atoms with E-state index in [1.165, 1.54) is 5.56 Å². The van der Waals surface area contributed by atoms with Crippen LogP contribution in [0.5, 0.6) is 11.6 Å². The molecule has 1 aromatic heterocycles. The third-order valence-corrected chi connectivity index (χ3v) is 2.77. The quantitative estimate of drug-likeness (QED) is 0.793. The Morgan fingerprint density at radius 1 is 1.10 bits per heavy atom. The number of nitrogens with zero attached hydrogens (tertiary/aromatic N) is 2. The summed E-state index contributed by atoms with van der Waals surface area (Å²) in [5.74, 6) is 2.02. The van der Waals surface area contributed by atoms with E-state index in [1.807, 2.05) is 51.1 Å². The lowest BCUT2D eigenvalue weighted by Crippen LogP contribution is -2.14. The molecule has 0 amide bonds. The Hall–Kier alpha value is -2.30. The smallest absolute Gasteiger partial charge is 0.226 e. The standard InChI is InChI=1S/C16H21N3O2/c1-4-20-15-11-13(3)18-16(19-15)17-8-9-21-14-7-5-6-12(2)10-14/h5-7,10-11H,4,8-9H2,1-3H3,(H,17,18,19). The van der Waals surface area contributed by atoms with E-state index < -0.39 is 0 Å². The minimum absolute atomic E-state index is 0.546. The van der Waals surface area contributed by atoms with Crippen LogP contribution in [0.4, 0.5) is 5.95 Å². The zero-order chi connectivity index (χ0) is 15.1. The van der Waals surface area contributed by atoms with E-state index in [0.29, 0.717) is 31.6 Å². The van der Waals surface area contributed by atoms with Crippen LogP contribution in [0.25, 0.3) is 0 Å².